The van der Waals surface area contributed by atoms with Gasteiger partial charge in [-0.3, -0.25) is 0 Å². The Morgan fingerprint density at radius 2 is 1.90 bits per heavy atom. The van der Waals surface area contributed by atoms with Crippen LogP contribution in [0.25, 0.3) is 0 Å². The molecule has 2 rings (SSSR count). The number of amides is 2. The average Bonchev–Trinajstić information content (AvgIpc) is 2.44. The third-order valence-corrected chi connectivity index (χ3v) is 3.82. The minimum absolute atomic E-state index is 0.301. The summed E-state index contributed by atoms with van der Waals surface area (Å²) in [5, 5.41) is 5.56. The summed E-state index contributed by atoms with van der Waals surface area (Å²) in [5.41, 5.74) is 2.46. The number of carbonyl (C=O) groups is 1. The van der Waals surface area contributed by atoms with E-state index in [1.165, 1.54) is 0 Å². The van der Waals surface area contributed by atoms with Crippen molar-refractivity contribution < 1.29 is 9.53 Å². The zero-order chi connectivity index (χ0) is 14.5. The molecule has 0 atom stereocenters. The Morgan fingerprint density at radius 1 is 1.15 bits per heavy atom. The largest absolute Gasteiger partial charge is 0.497 e. The normalized spacial score (nSPS) is 9.95. The molecule has 0 bridgehead atoms. The first kappa shape index (κ1) is 14.4. The lowest BCUT2D eigenvalue weighted by molar-refractivity contribution is 0.262. The van der Waals surface area contributed by atoms with Crippen molar-refractivity contribution in [2.45, 2.75) is 6.92 Å². The fourth-order valence-corrected chi connectivity index (χ4v) is 2.09. The van der Waals surface area contributed by atoms with E-state index in [1.54, 1.807) is 19.2 Å². The molecule has 4 nitrogen and oxygen atoms in total. The highest BCUT2D eigenvalue weighted by molar-refractivity contribution is 9.10. The van der Waals surface area contributed by atoms with E-state index in [4.69, 9.17) is 4.74 Å². The van der Waals surface area contributed by atoms with Crippen LogP contribution in [0, 0.1) is 6.92 Å². The van der Waals surface area contributed by atoms with Gasteiger partial charge in [-0.05, 0) is 46.6 Å². The van der Waals surface area contributed by atoms with Crippen LogP contribution in [0.4, 0.5) is 16.2 Å². The fourth-order valence-electron chi connectivity index (χ4n) is 1.73. The van der Waals surface area contributed by atoms with Crippen molar-refractivity contribution in [2.24, 2.45) is 0 Å². The molecule has 0 unspecified atom stereocenters. The van der Waals surface area contributed by atoms with Crippen LogP contribution in [-0.2, 0) is 0 Å². The van der Waals surface area contributed by atoms with Gasteiger partial charge >= 0.3 is 6.03 Å². The van der Waals surface area contributed by atoms with Gasteiger partial charge < -0.3 is 15.4 Å². The van der Waals surface area contributed by atoms with Crippen molar-refractivity contribution in [3.8, 4) is 5.75 Å². The minimum atomic E-state index is -0.301. The van der Waals surface area contributed by atoms with E-state index in [0.717, 1.165) is 15.7 Å². The van der Waals surface area contributed by atoms with Gasteiger partial charge in [0, 0.05) is 16.2 Å². The molecule has 0 heterocycles. The monoisotopic (exact) mass is 334 g/mol. The van der Waals surface area contributed by atoms with Gasteiger partial charge in [0.25, 0.3) is 0 Å². The number of anilines is 2. The molecule has 2 aromatic carbocycles. The average molecular weight is 335 g/mol. The molecular formula is C15H15BrN2O2. The molecule has 0 saturated heterocycles. The number of hydrogen-bond donors (Lipinski definition) is 2. The summed E-state index contributed by atoms with van der Waals surface area (Å²) < 4.78 is 5.99. The maximum absolute atomic E-state index is 12.0. The first-order valence-corrected chi connectivity index (χ1v) is 6.86. The Balaban J connectivity index is 2.07. The second-order valence-electron chi connectivity index (χ2n) is 4.25. The van der Waals surface area contributed by atoms with E-state index >= 15 is 0 Å². The van der Waals surface area contributed by atoms with Gasteiger partial charge in [0.15, 0.2) is 0 Å². The number of methoxy groups -OCH3 is 1. The lowest BCUT2D eigenvalue weighted by Crippen LogP contribution is -2.19. The quantitative estimate of drug-likeness (QED) is 0.873. The van der Waals surface area contributed by atoms with Gasteiger partial charge in [-0.2, -0.15) is 0 Å². The molecule has 5 heteroatoms. The summed E-state index contributed by atoms with van der Waals surface area (Å²) in [6, 6.07) is 12.6. The van der Waals surface area contributed by atoms with Crippen LogP contribution in [0.2, 0.25) is 0 Å². The van der Waals surface area contributed by atoms with Crippen molar-refractivity contribution in [1.29, 1.82) is 0 Å². The predicted molar refractivity (Wildman–Crippen MR) is 84.5 cm³/mol. The highest BCUT2D eigenvalue weighted by Gasteiger charge is 2.07. The van der Waals surface area contributed by atoms with Gasteiger partial charge in [0.2, 0.25) is 0 Å². The Bertz CT molecular complexity index is 629. The van der Waals surface area contributed by atoms with E-state index in [2.05, 4.69) is 26.6 Å². The molecule has 2 N–H and O–H groups in total. The molecule has 2 aromatic rings. The number of ether oxygens (including phenoxy) is 1. The SMILES string of the molecule is COc1cccc(NC(=O)Nc2cccc(C)c2Br)c1. The van der Waals surface area contributed by atoms with E-state index in [9.17, 15) is 4.79 Å². The van der Waals surface area contributed by atoms with Gasteiger partial charge in [-0.1, -0.05) is 18.2 Å². The molecule has 0 saturated carbocycles. The number of aryl methyl sites for hydroxylation is 1. The second kappa shape index (κ2) is 6.43. The first-order valence-electron chi connectivity index (χ1n) is 6.07. The van der Waals surface area contributed by atoms with Gasteiger partial charge in [-0.15, -0.1) is 0 Å². The molecule has 0 spiro atoms. The summed E-state index contributed by atoms with van der Waals surface area (Å²) in [6.07, 6.45) is 0. The molecule has 0 aliphatic heterocycles. The Morgan fingerprint density at radius 3 is 2.65 bits per heavy atom. The molecule has 0 aliphatic carbocycles. The van der Waals surface area contributed by atoms with Crippen LogP contribution < -0.4 is 15.4 Å². The summed E-state index contributed by atoms with van der Waals surface area (Å²) in [4.78, 5) is 12.0. The molecule has 0 fully saturated rings. The summed E-state index contributed by atoms with van der Waals surface area (Å²) in [7, 11) is 1.59. The van der Waals surface area contributed by atoms with Crippen LogP contribution in [0.5, 0.6) is 5.75 Å². The molecule has 0 radical (unpaired) electrons. The molecule has 104 valence electrons. The summed E-state index contributed by atoms with van der Waals surface area (Å²) in [5.74, 6) is 0.694. The van der Waals surface area contributed by atoms with Crippen LogP contribution in [0.1, 0.15) is 5.56 Å². The number of nitrogens with one attached hydrogen (secondary N) is 2. The standard InChI is InChI=1S/C15H15BrN2O2/c1-10-5-3-8-13(14(10)16)18-15(19)17-11-6-4-7-12(9-11)20-2/h3-9H,1-2H3,(H2,17,18,19). The van der Waals surface area contributed by atoms with Crippen LogP contribution in [0.3, 0.4) is 0 Å². The zero-order valence-corrected chi connectivity index (χ0v) is 12.8. The number of carbonyl (C=O) groups excluding carboxylic acids is 1. The second-order valence-corrected chi connectivity index (χ2v) is 5.04. The number of rotatable bonds is 3. The zero-order valence-electron chi connectivity index (χ0n) is 11.2. The lowest BCUT2D eigenvalue weighted by Gasteiger charge is -2.11. The van der Waals surface area contributed by atoms with Crippen molar-refractivity contribution in [1.82, 2.24) is 0 Å². The molecule has 0 aliphatic rings. The number of halogens is 1. The molecule has 2 amide bonds. The molecule has 20 heavy (non-hydrogen) atoms. The summed E-state index contributed by atoms with van der Waals surface area (Å²) in [6.45, 7) is 1.97. The topological polar surface area (TPSA) is 50.4 Å². The maximum Gasteiger partial charge on any atom is 0.323 e. The third kappa shape index (κ3) is 3.51. The third-order valence-electron chi connectivity index (χ3n) is 2.77. The molecule has 0 aromatic heterocycles. The Kier molecular flexibility index (Phi) is 4.63. The summed E-state index contributed by atoms with van der Waals surface area (Å²) >= 11 is 3.45. The molecular weight excluding hydrogens is 320 g/mol. The predicted octanol–water partition coefficient (Wildman–Crippen LogP) is 4.41. The van der Waals surface area contributed by atoms with Crippen molar-refractivity contribution in [3.05, 3.63) is 52.5 Å². The van der Waals surface area contributed by atoms with Crippen molar-refractivity contribution in [2.75, 3.05) is 17.7 Å². The maximum atomic E-state index is 12.0. The Labute approximate surface area is 126 Å². The van der Waals surface area contributed by atoms with Crippen LogP contribution >= 0.6 is 15.9 Å². The van der Waals surface area contributed by atoms with Crippen LogP contribution in [-0.4, -0.2) is 13.1 Å². The van der Waals surface area contributed by atoms with E-state index in [1.807, 2.05) is 37.3 Å². The highest BCUT2D eigenvalue weighted by Crippen LogP contribution is 2.26. The first-order chi connectivity index (χ1) is 9.60. The smallest absolute Gasteiger partial charge is 0.323 e. The number of urea groups is 1. The van der Waals surface area contributed by atoms with Gasteiger partial charge in [0.05, 0.1) is 12.8 Å². The highest BCUT2D eigenvalue weighted by atomic mass is 79.9. The van der Waals surface area contributed by atoms with Crippen molar-refractivity contribution in [3.63, 3.8) is 0 Å². The number of benzene rings is 2. The fraction of sp³-hybridized carbons (Fsp3) is 0.133. The van der Waals surface area contributed by atoms with E-state index in [0.29, 0.717) is 11.4 Å². The van der Waals surface area contributed by atoms with Crippen LogP contribution in [0.15, 0.2) is 46.9 Å². The Hall–Kier alpha value is -2.01. The lowest BCUT2D eigenvalue weighted by atomic mass is 10.2. The van der Waals surface area contributed by atoms with Gasteiger partial charge in [-0.25, -0.2) is 4.79 Å². The number of hydrogen-bond acceptors (Lipinski definition) is 2. The van der Waals surface area contributed by atoms with Gasteiger partial charge in [0.1, 0.15) is 5.75 Å². The van der Waals surface area contributed by atoms with E-state index in [-0.39, 0.29) is 6.03 Å². The van der Waals surface area contributed by atoms with Crippen molar-refractivity contribution >= 4 is 33.3 Å². The minimum Gasteiger partial charge on any atom is -0.497 e. The van der Waals surface area contributed by atoms with E-state index < -0.39 is 0 Å².